The number of carboxylic acid groups (broad SMARTS) is 1. The first-order valence-corrected chi connectivity index (χ1v) is 8.30. The number of para-hydroxylation sites is 1. The minimum absolute atomic E-state index is 0.0870. The van der Waals surface area contributed by atoms with E-state index in [2.05, 4.69) is 5.10 Å². The van der Waals surface area contributed by atoms with Gasteiger partial charge in [0, 0.05) is 13.0 Å². The molecule has 6 nitrogen and oxygen atoms in total. The number of aromatic nitrogens is 2. The van der Waals surface area contributed by atoms with E-state index in [1.165, 1.54) is 11.1 Å². The predicted octanol–water partition coefficient (Wildman–Crippen LogP) is 2.46. The molecule has 1 fully saturated rings. The van der Waals surface area contributed by atoms with Gasteiger partial charge in [-0.05, 0) is 18.6 Å². The summed E-state index contributed by atoms with van der Waals surface area (Å²) in [6.45, 7) is 1.66. The minimum Gasteiger partial charge on any atom is -0.479 e. The normalized spacial score (nSPS) is 20.0. The number of hydrogen-bond donors (Lipinski definition) is 1. The van der Waals surface area contributed by atoms with Crippen LogP contribution < -0.4 is 0 Å². The van der Waals surface area contributed by atoms with E-state index in [1.54, 1.807) is 4.68 Å². The van der Waals surface area contributed by atoms with Crippen LogP contribution in [0.15, 0.2) is 36.5 Å². The molecule has 0 radical (unpaired) electrons. The molecule has 0 spiro atoms. The first-order valence-electron chi connectivity index (χ1n) is 8.30. The molecule has 1 atom stereocenters. The van der Waals surface area contributed by atoms with Gasteiger partial charge in [-0.2, -0.15) is 5.10 Å². The molecule has 1 N–H and O–H groups in total. The number of halogens is 1. The fourth-order valence-corrected chi connectivity index (χ4v) is 3.11. The summed E-state index contributed by atoms with van der Waals surface area (Å²) in [5.41, 5.74) is -0.363. The standard InChI is InChI=1S/C18H20FN3O3/c1-2-6-15-14(11-20-22(15)13-7-4-3-5-8-13)16(23)21-10-9-18(19,12-21)17(24)25/h3-5,7-8,11H,2,6,9-10,12H2,1H3,(H,24,25). The summed E-state index contributed by atoms with van der Waals surface area (Å²) < 4.78 is 16.0. The van der Waals surface area contributed by atoms with Crippen molar-refractivity contribution in [2.45, 2.75) is 31.9 Å². The van der Waals surface area contributed by atoms with Gasteiger partial charge in [0.1, 0.15) is 0 Å². The molecule has 132 valence electrons. The SMILES string of the molecule is CCCc1c(C(=O)N2CCC(F)(C(=O)O)C2)cnn1-c1ccccc1. The average Bonchev–Trinajstić information content (AvgIpc) is 3.20. The van der Waals surface area contributed by atoms with Gasteiger partial charge in [0.05, 0.1) is 29.7 Å². The zero-order valence-corrected chi connectivity index (χ0v) is 14.0. The Morgan fingerprint density at radius 3 is 2.64 bits per heavy atom. The number of alkyl halides is 1. The second kappa shape index (κ2) is 6.66. The third kappa shape index (κ3) is 3.14. The van der Waals surface area contributed by atoms with Gasteiger partial charge in [0.2, 0.25) is 5.67 Å². The summed E-state index contributed by atoms with van der Waals surface area (Å²) in [5, 5.41) is 13.3. The van der Waals surface area contributed by atoms with E-state index in [-0.39, 0.29) is 18.9 Å². The first-order chi connectivity index (χ1) is 12.0. The third-order valence-corrected chi connectivity index (χ3v) is 4.48. The molecule has 1 aromatic carbocycles. The van der Waals surface area contributed by atoms with Gasteiger partial charge < -0.3 is 10.0 Å². The van der Waals surface area contributed by atoms with Crippen molar-refractivity contribution in [2.75, 3.05) is 13.1 Å². The molecule has 2 aromatic rings. The van der Waals surface area contributed by atoms with E-state index >= 15 is 0 Å². The van der Waals surface area contributed by atoms with Crippen molar-refractivity contribution in [3.8, 4) is 5.69 Å². The Hall–Kier alpha value is -2.70. The zero-order chi connectivity index (χ0) is 18.0. The summed E-state index contributed by atoms with van der Waals surface area (Å²) in [4.78, 5) is 25.1. The van der Waals surface area contributed by atoms with Gasteiger partial charge in [0.15, 0.2) is 0 Å². The maximum absolute atomic E-state index is 14.3. The highest BCUT2D eigenvalue weighted by Crippen LogP contribution is 2.28. The van der Waals surface area contributed by atoms with E-state index in [0.29, 0.717) is 12.0 Å². The van der Waals surface area contributed by atoms with Crippen LogP contribution in [0, 0.1) is 0 Å². The van der Waals surface area contributed by atoms with Crippen LogP contribution in [0.1, 0.15) is 35.8 Å². The second-order valence-corrected chi connectivity index (χ2v) is 6.25. The van der Waals surface area contributed by atoms with Gasteiger partial charge in [-0.15, -0.1) is 0 Å². The molecule has 0 aliphatic carbocycles. The van der Waals surface area contributed by atoms with E-state index in [4.69, 9.17) is 5.11 Å². The number of carbonyl (C=O) groups is 2. The van der Waals surface area contributed by atoms with Crippen molar-refractivity contribution >= 4 is 11.9 Å². The number of amides is 1. The molecule has 1 aliphatic rings. The molecule has 0 bridgehead atoms. The highest BCUT2D eigenvalue weighted by Gasteiger charge is 2.47. The van der Waals surface area contributed by atoms with Crippen molar-refractivity contribution in [3.63, 3.8) is 0 Å². The van der Waals surface area contributed by atoms with Crippen LogP contribution in [0.2, 0.25) is 0 Å². The van der Waals surface area contributed by atoms with Crippen molar-refractivity contribution in [3.05, 3.63) is 47.8 Å². The van der Waals surface area contributed by atoms with Gasteiger partial charge in [0.25, 0.3) is 5.91 Å². The molecule has 3 rings (SSSR count). The molecule has 1 amide bonds. The summed E-state index contributed by atoms with van der Waals surface area (Å²) in [5.74, 6) is -1.89. The van der Waals surface area contributed by atoms with Crippen molar-refractivity contribution in [1.82, 2.24) is 14.7 Å². The average molecular weight is 345 g/mol. The summed E-state index contributed by atoms with van der Waals surface area (Å²) in [6.07, 6.45) is 2.76. The molecular weight excluding hydrogens is 325 g/mol. The molecule has 7 heteroatoms. The Balaban J connectivity index is 1.91. The van der Waals surface area contributed by atoms with Gasteiger partial charge in [-0.1, -0.05) is 31.5 Å². The number of rotatable bonds is 5. The topological polar surface area (TPSA) is 75.4 Å². The Morgan fingerprint density at radius 1 is 1.32 bits per heavy atom. The first kappa shape index (κ1) is 17.1. The number of carboxylic acids is 1. The van der Waals surface area contributed by atoms with E-state index in [9.17, 15) is 14.0 Å². The number of likely N-dealkylation sites (tertiary alicyclic amines) is 1. The monoisotopic (exact) mass is 345 g/mol. The Labute approximate surface area is 144 Å². The lowest BCUT2D eigenvalue weighted by Crippen LogP contribution is -2.39. The fraction of sp³-hybridized carbons (Fsp3) is 0.389. The minimum atomic E-state index is -2.37. The summed E-state index contributed by atoms with van der Waals surface area (Å²) in [6, 6.07) is 9.47. The molecule has 1 aromatic heterocycles. The number of aliphatic carboxylic acids is 1. The lowest BCUT2D eigenvalue weighted by molar-refractivity contribution is -0.149. The van der Waals surface area contributed by atoms with Crippen LogP contribution in [-0.2, 0) is 11.2 Å². The Morgan fingerprint density at radius 2 is 2.04 bits per heavy atom. The Kier molecular flexibility index (Phi) is 4.57. The molecule has 1 unspecified atom stereocenters. The Bertz CT molecular complexity index is 790. The predicted molar refractivity (Wildman–Crippen MR) is 89.6 cm³/mol. The number of benzene rings is 1. The maximum atomic E-state index is 14.3. The van der Waals surface area contributed by atoms with Crippen LogP contribution in [0.5, 0.6) is 0 Å². The molecule has 1 aliphatic heterocycles. The summed E-state index contributed by atoms with van der Waals surface area (Å²) in [7, 11) is 0. The van der Waals surface area contributed by atoms with E-state index in [1.807, 2.05) is 37.3 Å². The van der Waals surface area contributed by atoms with Gasteiger partial charge in [-0.25, -0.2) is 13.9 Å². The quantitative estimate of drug-likeness (QED) is 0.903. The third-order valence-electron chi connectivity index (χ3n) is 4.48. The zero-order valence-electron chi connectivity index (χ0n) is 14.0. The lowest BCUT2D eigenvalue weighted by Gasteiger charge is -2.18. The highest BCUT2D eigenvalue weighted by molar-refractivity contribution is 5.96. The van der Waals surface area contributed by atoms with Crippen LogP contribution in [0.3, 0.4) is 0 Å². The number of nitrogens with zero attached hydrogens (tertiary/aromatic N) is 3. The van der Waals surface area contributed by atoms with Crippen LogP contribution in [-0.4, -0.2) is 50.4 Å². The molecule has 2 heterocycles. The fourth-order valence-electron chi connectivity index (χ4n) is 3.11. The smallest absolute Gasteiger partial charge is 0.343 e. The van der Waals surface area contributed by atoms with Crippen molar-refractivity contribution < 1.29 is 19.1 Å². The van der Waals surface area contributed by atoms with Gasteiger partial charge in [-0.3, -0.25) is 4.79 Å². The second-order valence-electron chi connectivity index (χ2n) is 6.25. The lowest BCUT2D eigenvalue weighted by atomic mass is 10.1. The van der Waals surface area contributed by atoms with Crippen LogP contribution >= 0.6 is 0 Å². The van der Waals surface area contributed by atoms with Crippen LogP contribution in [0.4, 0.5) is 4.39 Å². The summed E-state index contributed by atoms with van der Waals surface area (Å²) >= 11 is 0. The number of carbonyl (C=O) groups excluding carboxylic acids is 1. The van der Waals surface area contributed by atoms with E-state index < -0.39 is 18.2 Å². The molecular formula is C18H20FN3O3. The number of hydrogen-bond acceptors (Lipinski definition) is 3. The largest absolute Gasteiger partial charge is 0.479 e. The highest BCUT2D eigenvalue weighted by atomic mass is 19.1. The van der Waals surface area contributed by atoms with Crippen LogP contribution in [0.25, 0.3) is 5.69 Å². The van der Waals surface area contributed by atoms with Crippen molar-refractivity contribution in [2.24, 2.45) is 0 Å². The molecule has 0 saturated carbocycles. The maximum Gasteiger partial charge on any atom is 0.343 e. The van der Waals surface area contributed by atoms with Crippen molar-refractivity contribution in [1.29, 1.82) is 0 Å². The molecule has 1 saturated heterocycles. The van der Waals surface area contributed by atoms with Gasteiger partial charge >= 0.3 is 5.97 Å². The molecule has 25 heavy (non-hydrogen) atoms. The van der Waals surface area contributed by atoms with E-state index in [0.717, 1.165) is 17.8 Å².